The lowest BCUT2D eigenvalue weighted by atomic mass is 9.80. The van der Waals surface area contributed by atoms with E-state index >= 15 is 0 Å². The van der Waals surface area contributed by atoms with Crippen LogP contribution in [0.25, 0.3) is 0 Å². The summed E-state index contributed by atoms with van der Waals surface area (Å²) in [5.41, 5.74) is 2.21. The van der Waals surface area contributed by atoms with Crippen LogP contribution in [0.3, 0.4) is 0 Å². The number of carbonyl (C=O) groups is 2. The van der Waals surface area contributed by atoms with Crippen molar-refractivity contribution in [2.45, 2.75) is 31.2 Å². The van der Waals surface area contributed by atoms with Crippen molar-refractivity contribution >= 4 is 11.8 Å². The normalized spacial score (nSPS) is 17.6. The quantitative estimate of drug-likeness (QED) is 0.674. The number of likely N-dealkylation sites (tertiary alicyclic amines) is 1. The molecule has 154 valence electrons. The van der Waals surface area contributed by atoms with Gasteiger partial charge >= 0.3 is 0 Å². The smallest absolute Gasteiger partial charge is 0.257 e. The molecule has 4 rings (SSSR count). The van der Waals surface area contributed by atoms with Crippen molar-refractivity contribution in [3.05, 3.63) is 48.0 Å². The molecule has 0 bridgehead atoms. The zero-order valence-electron chi connectivity index (χ0n) is 16.4. The topological polar surface area (TPSA) is 99.4 Å². The molecule has 2 aliphatic rings. The molecule has 8 heteroatoms. The summed E-state index contributed by atoms with van der Waals surface area (Å²) in [5, 5.41) is 6.38. The summed E-state index contributed by atoms with van der Waals surface area (Å²) in [4.78, 5) is 34.1. The second-order valence-electron chi connectivity index (χ2n) is 7.57. The van der Waals surface area contributed by atoms with Gasteiger partial charge in [-0.1, -0.05) is 18.2 Å². The fourth-order valence-corrected chi connectivity index (χ4v) is 4.17. The Kier molecular flexibility index (Phi) is 5.80. The van der Waals surface area contributed by atoms with Crippen LogP contribution in [0.5, 0.6) is 5.75 Å². The van der Waals surface area contributed by atoms with Crippen molar-refractivity contribution in [2.24, 2.45) is 0 Å². The van der Waals surface area contributed by atoms with E-state index in [-0.39, 0.29) is 24.0 Å². The van der Waals surface area contributed by atoms with Gasteiger partial charge in [0.15, 0.2) is 6.61 Å². The summed E-state index contributed by atoms with van der Waals surface area (Å²) >= 11 is 0. The van der Waals surface area contributed by atoms with Crippen molar-refractivity contribution in [2.75, 3.05) is 32.8 Å². The minimum Gasteiger partial charge on any atom is -0.484 e. The monoisotopic (exact) mass is 397 g/mol. The number of carbonyl (C=O) groups excluding carboxylic acids is 2. The Morgan fingerprint density at radius 1 is 1.21 bits per heavy atom. The summed E-state index contributed by atoms with van der Waals surface area (Å²) in [6.07, 6.45) is 4.74. The number of imidazole rings is 1. The van der Waals surface area contributed by atoms with Gasteiger partial charge in [0, 0.05) is 44.7 Å². The molecular weight excluding hydrogens is 370 g/mol. The highest BCUT2D eigenvalue weighted by Crippen LogP contribution is 2.35. The fourth-order valence-electron chi connectivity index (χ4n) is 4.17. The number of rotatable bonds is 6. The van der Waals surface area contributed by atoms with E-state index in [0.29, 0.717) is 31.8 Å². The fraction of sp³-hybridized carbons (Fsp3) is 0.476. The van der Waals surface area contributed by atoms with Gasteiger partial charge in [-0.3, -0.25) is 9.59 Å². The summed E-state index contributed by atoms with van der Waals surface area (Å²) in [6.45, 7) is 2.59. The number of benzene rings is 1. The van der Waals surface area contributed by atoms with Crippen LogP contribution in [0.2, 0.25) is 0 Å². The molecule has 0 saturated carbocycles. The Hall–Kier alpha value is -2.87. The van der Waals surface area contributed by atoms with Crippen LogP contribution >= 0.6 is 0 Å². The zero-order chi connectivity index (χ0) is 20.1. The first-order chi connectivity index (χ1) is 14.2. The SMILES string of the molecule is O=C(COc1ccccc1)NCCC(=O)N1CCC2(CC1)NCCc1[nH]cnc12. The number of ether oxygens (including phenoxy) is 1. The molecule has 1 fully saturated rings. The lowest BCUT2D eigenvalue weighted by molar-refractivity contribution is -0.133. The highest BCUT2D eigenvalue weighted by Gasteiger charge is 2.41. The van der Waals surface area contributed by atoms with Crippen LogP contribution in [0.15, 0.2) is 36.7 Å². The lowest BCUT2D eigenvalue weighted by Gasteiger charge is -2.44. The summed E-state index contributed by atoms with van der Waals surface area (Å²) in [6, 6.07) is 9.19. The minimum atomic E-state index is -0.225. The molecule has 2 aromatic rings. The number of aromatic nitrogens is 2. The Morgan fingerprint density at radius 3 is 2.79 bits per heavy atom. The molecule has 1 spiro atoms. The predicted molar refractivity (Wildman–Crippen MR) is 107 cm³/mol. The molecular formula is C21H27N5O3. The predicted octanol–water partition coefficient (Wildman–Crippen LogP) is 0.958. The van der Waals surface area contributed by atoms with Crippen molar-refractivity contribution in [3.63, 3.8) is 0 Å². The Balaban J connectivity index is 1.18. The molecule has 1 aromatic heterocycles. The molecule has 1 saturated heterocycles. The number of piperidine rings is 1. The van der Waals surface area contributed by atoms with Crippen LogP contribution in [0.1, 0.15) is 30.7 Å². The average Bonchev–Trinajstić information content (AvgIpc) is 3.24. The van der Waals surface area contributed by atoms with Crippen LogP contribution in [-0.4, -0.2) is 59.5 Å². The molecule has 1 aromatic carbocycles. The van der Waals surface area contributed by atoms with Crippen LogP contribution in [0, 0.1) is 0 Å². The van der Waals surface area contributed by atoms with E-state index in [9.17, 15) is 9.59 Å². The maximum atomic E-state index is 12.5. The lowest BCUT2D eigenvalue weighted by Crippen LogP contribution is -2.55. The van der Waals surface area contributed by atoms with E-state index in [1.165, 1.54) is 5.69 Å². The van der Waals surface area contributed by atoms with Crippen LogP contribution in [-0.2, 0) is 21.5 Å². The van der Waals surface area contributed by atoms with Gasteiger partial charge in [-0.15, -0.1) is 0 Å². The molecule has 29 heavy (non-hydrogen) atoms. The molecule has 3 N–H and O–H groups in total. The Labute approximate surface area is 170 Å². The first-order valence-corrected chi connectivity index (χ1v) is 10.2. The second kappa shape index (κ2) is 8.65. The van der Waals surface area contributed by atoms with E-state index in [4.69, 9.17) is 4.74 Å². The maximum Gasteiger partial charge on any atom is 0.257 e. The van der Waals surface area contributed by atoms with Gasteiger partial charge in [-0.2, -0.15) is 0 Å². The molecule has 3 heterocycles. The molecule has 2 amide bonds. The Morgan fingerprint density at radius 2 is 2.00 bits per heavy atom. The van der Waals surface area contributed by atoms with E-state index in [0.717, 1.165) is 31.5 Å². The number of aromatic amines is 1. The largest absolute Gasteiger partial charge is 0.484 e. The van der Waals surface area contributed by atoms with E-state index in [2.05, 4.69) is 20.6 Å². The third-order valence-electron chi connectivity index (χ3n) is 5.75. The van der Waals surface area contributed by atoms with Crippen LogP contribution in [0.4, 0.5) is 0 Å². The summed E-state index contributed by atoms with van der Waals surface area (Å²) in [7, 11) is 0. The molecule has 0 aliphatic carbocycles. The number of para-hydroxylation sites is 1. The highest BCUT2D eigenvalue weighted by atomic mass is 16.5. The van der Waals surface area contributed by atoms with Crippen LogP contribution < -0.4 is 15.4 Å². The first kappa shape index (κ1) is 19.4. The van der Waals surface area contributed by atoms with Gasteiger partial charge in [-0.25, -0.2) is 4.98 Å². The maximum absolute atomic E-state index is 12.5. The highest BCUT2D eigenvalue weighted by molar-refractivity contribution is 5.80. The van der Waals surface area contributed by atoms with E-state index < -0.39 is 0 Å². The number of nitrogens with one attached hydrogen (secondary N) is 3. The molecule has 2 aliphatic heterocycles. The van der Waals surface area contributed by atoms with Crippen molar-refractivity contribution in [1.82, 2.24) is 25.5 Å². The summed E-state index contributed by atoms with van der Waals surface area (Å²) in [5.74, 6) is 0.497. The van der Waals surface area contributed by atoms with Gasteiger partial charge < -0.3 is 25.3 Å². The number of H-pyrrole nitrogens is 1. The second-order valence-corrected chi connectivity index (χ2v) is 7.57. The van der Waals surface area contributed by atoms with Crippen molar-refractivity contribution in [1.29, 1.82) is 0 Å². The average molecular weight is 397 g/mol. The van der Waals surface area contributed by atoms with E-state index in [1.54, 1.807) is 18.5 Å². The van der Waals surface area contributed by atoms with Gasteiger partial charge in [0.2, 0.25) is 5.91 Å². The number of hydrogen-bond donors (Lipinski definition) is 3. The van der Waals surface area contributed by atoms with Gasteiger partial charge in [0.25, 0.3) is 5.91 Å². The standard InChI is InChI=1S/C21H27N5O3/c27-18(14-29-16-4-2-1-3-5-16)22-10-7-19(28)26-12-8-21(9-13-26)20-17(6-11-25-21)23-15-24-20/h1-5,15,25H,6-14H2,(H,22,27)(H,23,24). The van der Waals surface area contributed by atoms with E-state index in [1.807, 2.05) is 23.1 Å². The number of fused-ring (bicyclic) bond motifs is 2. The number of hydrogen-bond acceptors (Lipinski definition) is 5. The molecule has 0 unspecified atom stereocenters. The first-order valence-electron chi connectivity index (χ1n) is 10.2. The van der Waals surface area contributed by atoms with Gasteiger partial charge in [0.05, 0.1) is 17.6 Å². The van der Waals surface area contributed by atoms with Gasteiger partial charge in [0.1, 0.15) is 5.75 Å². The zero-order valence-corrected chi connectivity index (χ0v) is 16.4. The number of nitrogens with zero attached hydrogens (tertiary/aromatic N) is 2. The molecule has 0 radical (unpaired) electrons. The minimum absolute atomic E-state index is 0.0535. The number of amides is 2. The Bertz CT molecular complexity index is 843. The van der Waals surface area contributed by atoms with Crippen molar-refractivity contribution in [3.8, 4) is 5.75 Å². The summed E-state index contributed by atoms with van der Waals surface area (Å²) < 4.78 is 5.40. The van der Waals surface area contributed by atoms with Crippen molar-refractivity contribution < 1.29 is 14.3 Å². The third-order valence-corrected chi connectivity index (χ3v) is 5.75. The molecule has 8 nitrogen and oxygen atoms in total. The molecule has 0 atom stereocenters. The van der Waals surface area contributed by atoms with Gasteiger partial charge in [-0.05, 0) is 25.0 Å². The third kappa shape index (κ3) is 4.42.